The van der Waals surface area contributed by atoms with Crippen LogP contribution in [0, 0.1) is 0 Å². The number of phenolic OH excluding ortho intramolecular Hbond substituents is 1. The number of pyridine rings is 1. The Kier molecular flexibility index (Phi) is 2.96. The molecule has 1 N–H and O–H groups in total. The highest BCUT2D eigenvalue weighted by Crippen LogP contribution is 2.18. The minimum atomic E-state index is 0.0244. The van der Waals surface area contributed by atoms with Crippen LogP contribution >= 0.6 is 0 Å². The van der Waals surface area contributed by atoms with E-state index in [9.17, 15) is 9.90 Å². The fourth-order valence-electron chi connectivity index (χ4n) is 1.54. The van der Waals surface area contributed by atoms with Crippen molar-refractivity contribution in [2.24, 2.45) is 0 Å². The third-order valence-corrected chi connectivity index (χ3v) is 2.35. The molecule has 0 fully saturated rings. The number of nitrogens with zero attached hydrogens (tertiary/aromatic N) is 1. The van der Waals surface area contributed by atoms with Crippen LogP contribution in [0.25, 0.3) is 0 Å². The summed E-state index contributed by atoms with van der Waals surface area (Å²) in [5.74, 6) is 0.0244. The van der Waals surface area contributed by atoms with Gasteiger partial charge >= 0.3 is 0 Å². The van der Waals surface area contributed by atoms with Crippen molar-refractivity contribution in [3.05, 3.63) is 59.4 Å². The summed E-state index contributed by atoms with van der Waals surface area (Å²) in [4.78, 5) is 14.5. The molecule has 2 rings (SSSR count). The molecule has 2 aromatic rings. The van der Waals surface area contributed by atoms with Gasteiger partial charge in [-0.1, -0.05) is 12.1 Å². The normalized spacial score (nSPS) is 10.0. The first-order valence-corrected chi connectivity index (χ1v) is 4.95. The van der Waals surface area contributed by atoms with Crippen LogP contribution in [0.3, 0.4) is 0 Å². The lowest BCUT2D eigenvalue weighted by atomic mass is 10.0. The van der Waals surface area contributed by atoms with Crippen molar-refractivity contribution < 1.29 is 9.90 Å². The van der Waals surface area contributed by atoms with Gasteiger partial charge in [-0.25, -0.2) is 0 Å². The Morgan fingerprint density at radius 2 is 2.12 bits per heavy atom. The van der Waals surface area contributed by atoms with Gasteiger partial charge in [0.1, 0.15) is 5.75 Å². The number of aromatic nitrogens is 1. The van der Waals surface area contributed by atoms with Gasteiger partial charge < -0.3 is 5.11 Å². The van der Waals surface area contributed by atoms with E-state index in [4.69, 9.17) is 0 Å². The smallest absolute Gasteiger partial charge is 0.153 e. The molecule has 0 aliphatic carbocycles. The molecule has 1 aromatic heterocycles. The number of hydrogen-bond donors (Lipinski definition) is 1. The molecule has 0 aliphatic rings. The zero-order valence-corrected chi connectivity index (χ0v) is 8.63. The van der Waals surface area contributed by atoms with E-state index < -0.39 is 0 Å². The molecule has 0 saturated heterocycles. The van der Waals surface area contributed by atoms with Crippen LogP contribution in [0.15, 0.2) is 42.7 Å². The first-order valence-electron chi connectivity index (χ1n) is 4.95. The lowest BCUT2D eigenvalue weighted by Gasteiger charge is -2.03. The van der Waals surface area contributed by atoms with Crippen LogP contribution in [-0.4, -0.2) is 16.4 Å². The Labute approximate surface area is 93.4 Å². The average Bonchev–Trinajstić information content (AvgIpc) is 2.31. The quantitative estimate of drug-likeness (QED) is 0.795. The molecule has 1 aromatic carbocycles. The van der Waals surface area contributed by atoms with E-state index in [0.717, 1.165) is 11.1 Å². The van der Waals surface area contributed by atoms with Gasteiger partial charge in [0, 0.05) is 12.4 Å². The second-order valence-electron chi connectivity index (χ2n) is 3.55. The Bertz CT molecular complexity index is 495. The van der Waals surface area contributed by atoms with Crippen molar-refractivity contribution in [1.82, 2.24) is 4.98 Å². The van der Waals surface area contributed by atoms with Crippen LogP contribution in [0.4, 0.5) is 0 Å². The van der Waals surface area contributed by atoms with Gasteiger partial charge in [-0.2, -0.15) is 0 Å². The number of aromatic hydroxyl groups is 1. The van der Waals surface area contributed by atoms with Crippen molar-refractivity contribution in [3.63, 3.8) is 0 Å². The molecule has 3 nitrogen and oxygen atoms in total. The lowest BCUT2D eigenvalue weighted by Crippen LogP contribution is -1.90. The molecular weight excluding hydrogens is 202 g/mol. The van der Waals surface area contributed by atoms with Crippen LogP contribution in [0.5, 0.6) is 5.75 Å². The predicted octanol–water partition coefficient (Wildman–Crippen LogP) is 2.19. The van der Waals surface area contributed by atoms with Gasteiger partial charge in [0.2, 0.25) is 0 Å². The van der Waals surface area contributed by atoms with Crippen LogP contribution in [0.1, 0.15) is 21.5 Å². The van der Waals surface area contributed by atoms with Gasteiger partial charge in [0.05, 0.1) is 5.56 Å². The summed E-state index contributed by atoms with van der Waals surface area (Å²) >= 11 is 0. The lowest BCUT2D eigenvalue weighted by molar-refractivity contribution is 0.112. The molecule has 1 heterocycles. The number of aldehydes is 1. The van der Waals surface area contributed by atoms with Crippen LogP contribution in [0.2, 0.25) is 0 Å². The maximum atomic E-state index is 10.5. The molecule has 0 saturated carbocycles. The fourth-order valence-corrected chi connectivity index (χ4v) is 1.54. The largest absolute Gasteiger partial charge is 0.507 e. The average molecular weight is 213 g/mol. The minimum Gasteiger partial charge on any atom is -0.507 e. The molecule has 0 unspecified atom stereocenters. The first-order chi connectivity index (χ1) is 7.79. The maximum Gasteiger partial charge on any atom is 0.153 e. The second kappa shape index (κ2) is 4.57. The van der Waals surface area contributed by atoms with Crippen molar-refractivity contribution >= 4 is 6.29 Å². The molecule has 0 amide bonds. The number of carbonyl (C=O) groups is 1. The second-order valence-corrected chi connectivity index (χ2v) is 3.55. The van der Waals surface area contributed by atoms with E-state index in [0.29, 0.717) is 18.3 Å². The van der Waals surface area contributed by atoms with Crippen molar-refractivity contribution in [2.75, 3.05) is 0 Å². The number of benzene rings is 1. The van der Waals surface area contributed by atoms with E-state index in [-0.39, 0.29) is 5.75 Å². The number of carbonyl (C=O) groups excluding carboxylic acids is 1. The summed E-state index contributed by atoms with van der Waals surface area (Å²) in [7, 11) is 0. The number of phenols is 1. The Balaban J connectivity index is 2.23. The molecule has 80 valence electrons. The highest BCUT2D eigenvalue weighted by atomic mass is 16.3. The first kappa shape index (κ1) is 10.4. The van der Waals surface area contributed by atoms with Gasteiger partial charge in [0.15, 0.2) is 6.29 Å². The molecule has 0 bridgehead atoms. The molecule has 16 heavy (non-hydrogen) atoms. The standard InChI is InChI=1S/C13H11NO2/c15-9-12-4-3-10(7-13(12)16)6-11-2-1-5-14-8-11/h1-5,7-9,16H,6H2. The van der Waals surface area contributed by atoms with E-state index in [2.05, 4.69) is 4.98 Å². The van der Waals surface area contributed by atoms with Crippen molar-refractivity contribution in [2.45, 2.75) is 6.42 Å². The summed E-state index contributed by atoms with van der Waals surface area (Å²) in [6.45, 7) is 0. The minimum absolute atomic E-state index is 0.0244. The summed E-state index contributed by atoms with van der Waals surface area (Å²) in [5, 5.41) is 9.52. The molecule has 0 spiro atoms. The van der Waals surface area contributed by atoms with E-state index >= 15 is 0 Å². The highest BCUT2D eigenvalue weighted by molar-refractivity contribution is 5.79. The zero-order chi connectivity index (χ0) is 11.4. The molecular formula is C13H11NO2. The monoisotopic (exact) mass is 213 g/mol. The van der Waals surface area contributed by atoms with Crippen LogP contribution in [-0.2, 0) is 6.42 Å². The third-order valence-electron chi connectivity index (χ3n) is 2.35. The van der Waals surface area contributed by atoms with E-state index in [1.165, 1.54) is 0 Å². The summed E-state index contributed by atoms with van der Waals surface area (Å²) < 4.78 is 0. The Morgan fingerprint density at radius 1 is 1.25 bits per heavy atom. The van der Waals surface area contributed by atoms with Crippen molar-refractivity contribution in [3.8, 4) is 5.75 Å². The van der Waals surface area contributed by atoms with E-state index in [1.54, 1.807) is 24.5 Å². The maximum absolute atomic E-state index is 10.5. The molecule has 0 aliphatic heterocycles. The molecule has 0 radical (unpaired) electrons. The summed E-state index contributed by atoms with van der Waals surface area (Å²) in [5.41, 5.74) is 2.34. The Hall–Kier alpha value is -2.16. The van der Waals surface area contributed by atoms with Crippen molar-refractivity contribution in [1.29, 1.82) is 0 Å². The fraction of sp³-hybridized carbons (Fsp3) is 0.0769. The third kappa shape index (κ3) is 2.25. The molecule has 3 heteroatoms. The van der Waals surface area contributed by atoms with Gasteiger partial charge in [-0.3, -0.25) is 9.78 Å². The highest BCUT2D eigenvalue weighted by Gasteiger charge is 2.02. The summed E-state index contributed by atoms with van der Waals surface area (Å²) in [6, 6.07) is 8.90. The number of hydrogen-bond acceptors (Lipinski definition) is 3. The topological polar surface area (TPSA) is 50.2 Å². The molecule has 0 atom stereocenters. The zero-order valence-electron chi connectivity index (χ0n) is 8.63. The summed E-state index contributed by atoms with van der Waals surface area (Å²) in [6.07, 6.45) is 4.84. The number of rotatable bonds is 3. The van der Waals surface area contributed by atoms with E-state index in [1.807, 2.05) is 18.2 Å². The van der Waals surface area contributed by atoms with Gasteiger partial charge in [-0.15, -0.1) is 0 Å². The van der Waals surface area contributed by atoms with Gasteiger partial charge in [0.25, 0.3) is 0 Å². The van der Waals surface area contributed by atoms with Crippen LogP contribution < -0.4 is 0 Å². The predicted molar refractivity (Wildman–Crippen MR) is 60.5 cm³/mol. The van der Waals surface area contributed by atoms with Gasteiger partial charge in [-0.05, 0) is 35.7 Å². The Morgan fingerprint density at radius 3 is 2.75 bits per heavy atom. The SMILES string of the molecule is O=Cc1ccc(Cc2cccnc2)cc1O.